The second-order valence-corrected chi connectivity index (χ2v) is 8.71. The monoisotopic (exact) mass is 484 g/mol. The molecule has 36 heavy (non-hydrogen) atoms. The van der Waals surface area contributed by atoms with Crippen LogP contribution in [0.5, 0.6) is 17.4 Å². The number of fused-ring (bicyclic) bond motifs is 2. The van der Waals surface area contributed by atoms with Gasteiger partial charge in [-0.2, -0.15) is 0 Å². The summed E-state index contributed by atoms with van der Waals surface area (Å²) >= 11 is 0. The summed E-state index contributed by atoms with van der Waals surface area (Å²) in [7, 11) is 3.36. The second kappa shape index (κ2) is 9.70. The molecule has 7 heteroatoms. The fourth-order valence-electron chi connectivity index (χ4n) is 4.51. The molecule has 5 rings (SSSR count). The number of hydrogen-bond donors (Lipinski definition) is 1. The highest BCUT2D eigenvalue weighted by atomic mass is 19.1. The van der Waals surface area contributed by atoms with Crippen molar-refractivity contribution < 1.29 is 23.8 Å². The van der Waals surface area contributed by atoms with E-state index >= 15 is 0 Å². The van der Waals surface area contributed by atoms with E-state index in [0.29, 0.717) is 23.1 Å². The fourth-order valence-corrected chi connectivity index (χ4v) is 4.51. The molecule has 5 aromatic rings. The number of carbonyl (C=O) groups excluding carboxylic acids is 1. The van der Waals surface area contributed by atoms with Crippen molar-refractivity contribution in [2.24, 2.45) is 7.05 Å². The molecule has 0 aliphatic carbocycles. The zero-order valence-electron chi connectivity index (χ0n) is 20.0. The molecule has 3 aromatic carbocycles. The van der Waals surface area contributed by atoms with Crippen molar-refractivity contribution in [1.82, 2.24) is 9.55 Å². The molecular weight excluding hydrogens is 459 g/mol. The van der Waals surface area contributed by atoms with Crippen LogP contribution in [0.2, 0.25) is 0 Å². The maximum absolute atomic E-state index is 13.3. The Kier molecular flexibility index (Phi) is 6.29. The van der Waals surface area contributed by atoms with Crippen LogP contribution in [-0.4, -0.2) is 28.1 Å². The zero-order chi connectivity index (χ0) is 25.2. The van der Waals surface area contributed by atoms with Gasteiger partial charge in [-0.15, -0.1) is 0 Å². The second-order valence-electron chi connectivity index (χ2n) is 8.71. The molecule has 0 amide bonds. The van der Waals surface area contributed by atoms with Crippen LogP contribution in [0.4, 0.5) is 4.39 Å². The summed E-state index contributed by atoms with van der Waals surface area (Å²) in [6.07, 6.45) is 5.13. The molecule has 2 heterocycles. The zero-order valence-corrected chi connectivity index (χ0v) is 20.0. The minimum Gasteiger partial charge on any atom is -0.497 e. The average molecular weight is 485 g/mol. The summed E-state index contributed by atoms with van der Waals surface area (Å²) in [6.45, 7) is 0.258. The molecule has 0 radical (unpaired) electrons. The van der Waals surface area contributed by atoms with Gasteiger partial charge in [-0.1, -0.05) is 24.3 Å². The third-order valence-electron chi connectivity index (χ3n) is 6.34. The molecule has 6 nitrogen and oxygen atoms in total. The summed E-state index contributed by atoms with van der Waals surface area (Å²) in [4.78, 5) is 16.4. The van der Waals surface area contributed by atoms with Crippen molar-refractivity contribution in [3.05, 3.63) is 95.1 Å². The van der Waals surface area contributed by atoms with Crippen LogP contribution in [-0.2, 0) is 31.3 Å². The van der Waals surface area contributed by atoms with Gasteiger partial charge in [0.25, 0.3) is 0 Å². The van der Waals surface area contributed by atoms with Gasteiger partial charge in [-0.25, -0.2) is 4.39 Å². The predicted octanol–water partition coefficient (Wildman–Crippen LogP) is 5.49. The lowest BCUT2D eigenvalue weighted by Gasteiger charge is -2.15. The van der Waals surface area contributed by atoms with Crippen LogP contribution in [0.25, 0.3) is 21.7 Å². The standard InChI is InChI=1S/C29H25FN2O4/c1-32-16-25-23(11-12-33)24-14-20(13-18-3-7-21(30)8-4-18)15-31-27(24)28(26(25)29(32)34)36-17-19-5-9-22(35-2)10-6-19/h3-10,12,14-16,34H,11,13,17H2,1-2H3. The van der Waals surface area contributed by atoms with E-state index in [2.05, 4.69) is 0 Å². The highest BCUT2D eigenvalue weighted by molar-refractivity contribution is 6.10. The largest absolute Gasteiger partial charge is 0.497 e. The van der Waals surface area contributed by atoms with E-state index in [4.69, 9.17) is 14.5 Å². The molecule has 0 aliphatic heterocycles. The lowest BCUT2D eigenvalue weighted by Crippen LogP contribution is -2.01. The fraction of sp³-hybridized carbons (Fsp3) is 0.172. The average Bonchev–Trinajstić information content (AvgIpc) is 3.19. The summed E-state index contributed by atoms with van der Waals surface area (Å²) in [5.41, 5.74) is 4.14. The first-order chi connectivity index (χ1) is 17.5. The van der Waals surface area contributed by atoms with Crippen LogP contribution < -0.4 is 9.47 Å². The Morgan fingerprint density at radius 1 is 1.03 bits per heavy atom. The molecule has 0 spiro atoms. The number of ether oxygens (including phenoxy) is 2. The third-order valence-corrected chi connectivity index (χ3v) is 6.34. The van der Waals surface area contributed by atoms with Crippen LogP contribution >= 0.6 is 0 Å². The van der Waals surface area contributed by atoms with Gasteiger partial charge in [0.2, 0.25) is 5.88 Å². The maximum Gasteiger partial charge on any atom is 0.202 e. The Labute approximate surface area is 207 Å². The lowest BCUT2D eigenvalue weighted by molar-refractivity contribution is -0.107. The van der Waals surface area contributed by atoms with Crippen LogP contribution in [0.1, 0.15) is 22.3 Å². The number of carbonyl (C=O) groups is 1. The van der Waals surface area contributed by atoms with E-state index in [9.17, 15) is 14.3 Å². The van der Waals surface area contributed by atoms with Crippen molar-refractivity contribution in [3.8, 4) is 17.4 Å². The number of aromatic nitrogens is 2. The quantitative estimate of drug-likeness (QED) is 0.295. The summed E-state index contributed by atoms with van der Waals surface area (Å²) in [6, 6.07) is 15.9. The summed E-state index contributed by atoms with van der Waals surface area (Å²) in [5, 5.41) is 12.9. The Hall–Kier alpha value is -4.39. The molecule has 0 bridgehead atoms. The number of aromatic hydroxyl groups is 1. The Morgan fingerprint density at radius 3 is 2.44 bits per heavy atom. The first kappa shape index (κ1) is 23.4. The van der Waals surface area contributed by atoms with Gasteiger partial charge in [-0.3, -0.25) is 4.98 Å². The number of methoxy groups -OCH3 is 1. The van der Waals surface area contributed by atoms with Crippen LogP contribution in [0.3, 0.4) is 0 Å². The molecule has 0 aliphatic rings. The highest BCUT2D eigenvalue weighted by Gasteiger charge is 2.22. The van der Waals surface area contributed by atoms with Crippen molar-refractivity contribution in [2.75, 3.05) is 7.11 Å². The van der Waals surface area contributed by atoms with Gasteiger partial charge in [0.05, 0.1) is 12.5 Å². The Bertz CT molecular complexity index is 1560. The van der Waals surface area contributed by atoms with Crippen molar-refractivity contribution in [1.29, 1.82) is 0 Å². The van der Waals surface area contributed by atoms with Crippen LogP contribution in [0.15, 0.2) is 67.0 Å². The van der Waals surface area contributed by atoms with Crippen molar-refractivity contribution in [3.63, 3.8) is 0 Å². The minimum absolute atomic E-state index is 0.0426. The molecule has 0 saturated heterocycles. The highest BCUT2D eigenvalue weighted by Crippen LogP contribution is 2.43. The predicted molar refractivity (Wildman–Crippen MR) is 136 cm³/mol. The molecular formula is C29H25FN2O4. The summed E-state index contributed by atoms with van der Waals surface area (Å²) < 4.78 is 26.5. The number of benzene rings is 3. The summed E-state index contributed by atoms with van der Waals surface area (Å²) in [5.74, 6) is 0.965. The van der Waals surface area contributed by atoms with E-state index in [1.54, 1.807) is 43.3 Å². The molecule has 2 aromatic heterocycles. The molecule has 0 unspecified atom stereocenters. The topological polar surface area (TPSA) is 73.6 Å². The number of nitrogens with zero attached hydrogens (tertiary/aromatic N) is 2. The van der Waals surface area contributed by atoms with E-state index in [-0.39, 0.29) is 24.7 Å². The number of halogens is 1. The maximum atomic E-state index is 13.3. The molecule has 0 saturated carbocycles. The molecule has 0 atom stereocenters. The number of aryl methyl sites for hydroxylation is 1. The lowest BCUT2D eigenvalue weighted by atomic mass is 9.96. The van der Waals surface area contributed by atoms with Crippen molar-refractivity contribution >= 4 is 28.0 Å². The van der Waals surface area contributed by atoms with Gasteiger partial charge >= 0.3 is 0 Å². The van der Waals surface area contributed by atoms with E-state index in [0.717, 1.165) is 45.1 Å². The smallest absolute Gasteiger partial charge is 0.202 e. The minimum atomic E-state index is -0.284. The number of hydrogen-bond acceptors (Lipinski definition) is 5. The van der Waals surface area contributed by atoms with E-state index < -0.39 is 0 Å². The van der Waals surface area contributed by atoms with E-state index in [1.807, 2.05) is 30.3 Å². The number of rotatable bonds is 8. The third kappa shape index (κ3) is 4.35. The first-order valence-corrected chi connectivity index (χ1v) is 11.5. The van der Waals surface area contributed by atoms with Crippen LogP contribution in [0, 0.1) is 5.82 Å². The molecule has 1 N–H and O–H groups in total. The van der Waals surface area contributed by atoms with Gasteiger partial charge in [0, 0.05) is 36.6 Å². The molecule has 0 fully saturated rings. The van der Waals surface area contributed by atoms with E-state index in [1.165, 1.54) is 12.1 Å². The first-order valence-electron chi connectivity index (χ1n) is 11.5. The molecule has 182 valence electrons. The van der Waals surface area contributed by atoms with Crippen molar-refractivity contribution in [2.45, 2.75) is 19.4 Å². The SMILES string of the molecule is COc1ccc(COc2c3ncc(Cc4ccc(F)cc4)cc3c(CC=O)c3cn(C)c(O)c23)cc1. The van der Waals surface area contributed by atoms with Gasteiger partial charge in [0.1, 0.15) is 30.0 Å². The number of pyridine rings is 1. The van der Waals surface area contributed by atoms with Gasteiger partial charge < -0.3 is 23.9 Å². The Balaban J connectivity index is 1.64. The number of aldehydes is 1. The van der Waals surface area contributed by atoms with Gasteiger partial charge in [-0.05, 0) is 59.0 Å². The van der Waals surface area contributed by atoms with Gasteiger partial charge in [0.15, 0.2) is 5.75 Å². The normalized spacial score (nSPS) is 11.2. The Morgan fingerprint density at radius 2 is 1.75 bits per heavy atom.